The van der Waals surface area contributed by atoms with E-state index in [4.69, 9.17) is 10.2 Å². The van der Waals surface area contributed by atoms with E-state index in [1.54, 1.807) is 0 Å². The van der Waals surface area contributed by atoms with E-state index in [9.17, 15) is 0 Å². The Morgan fingerprint density at radius 1 is 1.29 bits per heavy atom. The number of aryl methyl sites for hydroxylation is 1. The fourth-order valence-corrected chi connectivity index (χ4v) is 2.25. The lowest BCUT2D eigenvalue weighted by Gasteiger charge is -2.13. The molecule has 1 atom stereocenters. The lowest BCUT2D eigenvalue weighted by atomic mass is 10.0. The third-order valence-corrected chi connectivity index (χ3v) is 3.84. The highest BCUT2D eigenvalue weighted by Gasteiger charge is 2.15. The van der Waals surface area contributed by atoms with Crippen LogP contribution in [0.1, 0.15) is 35.6 Å². The second-order valence-electron chi connectivity index (χ2n) is 4.09. The van der Waals surface area contributed by atoms with E-state index < -0.39 is 0 Å². The molecule has 0 saturated heterocycles. The minimum atomic E-state index is -0.201. The van der Waals surface area contributed by atoms with E-state index in [1.807, 2.05) is 30.3 Å². The van der Waals surface area contributed by atoms with Crippen LogP contribution >= 0.6 is 15.9 Å². The zero-order valence-electron chi connectivity index (χ0n) is 10.0. The minimum absolute atomic E-state index is 0.201. The van der Waals surface area contributed by atoms with Crippen molar-refractivity contribution in [2.75, 3.05) is 0 Å². The van der Waals surface area contributed by atoms with Crippen LogP contribution in [0.5, 0.6) is 0 Å². The predicted octanol–water partition coefficient (Wildman–Crippen LogP) is 3.96. The molecule has 0 fully saturated rings. The Bertz CT molecular complexity index is 519. The van der Waals surface area contributed by atoms with Gasteiger partial charge < -0.3 is 10.2 Å². The van der Waals surface area contributed by atoms with Crippen LogP contribution in [0.25, 0.3) is 0 Å². The summed E-state index contributed by atoms with van der Waals surface area (Å²) in [6.07, 6.45) is 0.893. The van der Waals surface area contributed by atoms with Gasteiger partial charge in [0.1, 0.15) is 11.5 Å². The maximum Gasteiger partial charge on any atom is 0.125 e. The second kappa shape index (κ2) is 5.07. The third-order valence-electron chi connectivity index (χ3n) is 2.98. The first-order valence-corrected chi connectivity index (χ1v) is 6.52. The van der Waals surface area contributed by atoms with Crippen LogP contribution in [0.3, 0.4) is 0 Å². The predicted molar refractivity (Wildman–Crippen MR) is 73.0 cm³/mol. The Morgan fingerprint density at radius 2 is 2.06 bits per heavy atom. The summed E-state index contributed by atoms with van der Waals surface area (Å²) in [5.41, 5.74) is 8.49. The number of rotatable bonds is 3. The Kier molecular flexibility index (Phi) is 3.69. The summed E-state index contributed by atoms with van der Waals surface area (Å²) < 4.78 is 6.78. The zero-order valence-corrected chi connectivity index (χ0v) is 11.6. The van der Waals surface area contributed by atoms with Gasteiger partial charge in [-0.15, -0.1) is 0 Å². The molecule has 1 unspecified atom stereocenters. The van der Waals surface area contributed by atoms with Gasteiger partial charge in [-0.25, -0.2) is 0 Å². The molecule has 2 N–H and O–H groups in total. The average molecular weight is 294 g/mol. The molecule has 3 heteroatoms. The molecule has 0 bridgehead atoms. The maximum absolute atomic E-state index is 6.24. The molecule has 0 aliphatic heterocycles. The first kappa shape index (κ1) is 12.4. The molecule has 17 heavy (non-hydrogen) atoms. The standard InChI is InChI=1S/C14H16BrNO/c1-3-10-7-8-13(17-10)14(16)11-5-4-6-12(15)9(11)2/h4-8,14H,3,16H2,1-2H3. The van der Waals surface area contributed by atoms with E-state index in [1.165, 1.54) is 0 Å². The number of benzene rings is 1. The summed E-state index contributed by atoms with van der Waals surface area (Å²) in [5.74, 6) is 1.80. The van der Waals surface area contributed by atoms with Gasteiger partial charge in [-0.1, -0.05) is 35.0 Å². The van der Waals surface area contributed by atoms with E-state index in [-0.39, 0.29) is 6.04 Å². The minimum Gasteiger partial charge on any atom is -0.464 e. The van der Waals surface area contributed by atoms with Crippen molar-refractivity contribution in [1.82, 2.24) is 0 Å². The van der Waals surface area contributed by atoms with Crippen LogP contribution in [0, 0.1) is 6.92 Å². The summed E-state index contributed by atoms with van der Waals surface area (Å²) in [6.45, 7) is 4.13. The fraction of sp³-hybridized carbons (Fsp3) is 0.286. The average Bonchev–Trinajstić information content (AvgIpc) is 2.80. The largest absolute Gasteiger partial charge is 0.464 e. The Labute approximate surface area is 110 Å². The smallest absolute Gasteiger partial charge is 0.125 e. The second-order valence-corrected chi connectivity index (χ2v) is 4.94. The molecular weight excluding hydrogens is 278 g/mol. The Balaban J connectivity index is 2.36. The van der Waals surface area contributed by atoms with Gasteiger partial charge in [-0.2, -0.15) is 0 Å². The molecule has 0 aliphatic rings. The number of halogens is 1. The van der Waals surface area contributed by atoms with Crippen molar-refractivity contribution in [3.63, 3.8) is 0 Å². The monoisotopic (exact) mass is 293 g/mol. The topological polar surface area (TPSA) is 39.2 Å². The van der Waals surface area contributed by atoms with E-state index in [2.05, 4.69) is 29.8 Å². The summed E-state index contributed by atoms with van der Waals surface area (Å²) in [6, 6.07) is 9.81. The first-order chi connectivity index (χ1) is 8.13. The van der Waals surface area contributed by atoms with Crippen molar-refractivity contribution in [2.24, 2.45) is 5.73 Å². The van der Waals surface area contributed by atoms with Crippen molar-refractivity contribution in [3.05, 3.63) is 57.5 Å². The molecule has 2 rings (SSSR count). The van der Waals surface area contributed by atoms with Crippen LogP contribution in [-0.2, 0) is 6.42 Å². The molecule has 90 valence electrons. The van der Waals surface area contributed by atoms with Gasteiger partial charge in [0, 0.05) is 10.9 Å². The van der Waals surface area contributed by atoms with Crippen molar-refractivity contribution >= 4 is 15.9 Å². The molecule has 0 spiro atoms. The quantitative estimate of drug-likeness (QED) is 0.930. The molecule has 1 aromatic heterocycles. The van der Waals surface area contributed by atoms with Crippen molar-refractivity contribution < 1.29 is 4.42 Å². The van der Waals surface area contributed by atoms with Crippen molar-refractivity contribution in [1.29, 1.82) is 0 Å². The number of hydrogen-bond donors (Lipinski definition) is 1. The lowest BCUT2D eigenvalue weighted by Crippen LogP contribution is -2.12. The molecule has 1 heterocycles. The SMILES string of the molecule is CCc1ccc(C(N)c2cccc(Br)c2C)o1. The Morgan fingerprint density at radius 3 is 2.71 bits per heavy atom. The van der Waals surface area contributed by atoms with Gasteiger partial charge in [0.05, 0.1) is 6.04 Å². The van der Waals surface area contributed by atoms with Crippen LogP contribution in [0.4, 0.5) is 0 Å². The molecule has 1 aromatic carbocycles. The van der Waals surface area contributed by atoms with Crippen molar-refractivity contribution in [2.45, 2.75) is 26.3 Å². The highest BCUT2D eigenvalue weighted by atomic mass is 79.9. The van der Waals surface area contributed by atoms with Crippen LogP contribution in [-0.4, -0.2) is 0 Å². The molecule has 2 nitrogen and oxygen atoms in total. The van der Waals surface area contributed by atoms with Gasteiger partial charge in [0.25, 0.3) is 0 Å². The maximum atomic E-state index is 6.24. The van der Waals surface area contributed by atoms with Crippen LogP contribution in [0.15, 0.2) is 39.2 Å². The van der Waals surface area contributed by atoms with Crippen LogP contribution < -0.4 is 5.73 Å². The molecule has 0 aliphatic carbocycles. The van der Waals surface area contributed by atoms with Gasteiger partial charge in [-0.05, 0) is 36.2 Å². The fourth-order valence-electron chi connectivity index (χ4n) is 1.87. The molecule has 0 saturated carbocycles. The zero-order chi connectivity index (χ0) is 12.4. The van der Waals surface area contributed by atoms with Crippen molar-refractivity contribution in [3.8, 4) is 0 Å². The van der Waals surface area contributed by atoms with E-state index >= 15 is 0 Å². The first-order valence-electron chi connectivity index (χ1n) is 5.72. The molecule has 0 amide bonds. The highest BCUT2D eigenvalue weighted by molar-refractivity contribution is 9.10. The molecule has 0 radical (unpaired) electrons. The number of hydrogen-bond acceptors (Lipinski definition) is 2. The number of furan rings is 1. The summed E-state index contributed by atoms with van der Waals surface area (Å²) in [4.78, 5) is 0. The van der Waals surface area contributed by atoms with Crippen LogP contribution in [0.2, 0.25) is 0 Å². The Hall–Kier alpha value is -1.06. The van der Waals surface area contributed by atoms with Gasteiger partial charge in [0.2, 0.25) is 0 Å². The van der Waals surface area contributed by atoms with Gasteiger partial charge in [0.15, 0.2) is 0 Å². The van der Waals surface area contributed by atoms with E-state index in [0.717, 1.165) is 33.5 Å². The lowest BCUT2D eigenvalue weighted by molar-refractivity contribution is 0.453. The summed E-state index contributed by atoms with van der Waals surface area (Å²) >= 11 is 3.52. The third kappa shape index (κ3) is 2.45. The number of nitrogens with two attached hydrogens (primary N) is 1. The van der Waals surface area contributed by atoms with Gasteiger partial charge in [-0.3, -0.25) is 0 Å². The van der Waals surface area contributed by atoms with Gasteiger partial charge >= 0.3 is 0 Å². The highest BCUT2D eigenvalue weighted by Crippen LogP contribution is 2.28. The molecular formula is C14H16BrNO. The van der Waals surface area contributed by atoms with E-state index in [0.29, 0.717) is 0 Å². The summed E-state index contributed by atoms with van der Waals surface area (Å²) in [5, 5.41) is 0. The summed E-state index contributed by atoms with van der Waals surface area (Å²) in [7, 11) is 0. The molecule has 2 aromatic rings. The normalized spacial score (nSPS) is 12.7.